The van der Waals surface area contributed by atoms with Gasteiger partial charge in [-0.25, -0.2) is 0 Å². The van der Waals surface area contributed by atoms with E-state index in [9.17, 15) is 9.59 Å². The minimum Gasteiger partial charge on any atom is -0.370 e. The summed E-state index contributed by atoms with van der Waals surface area (Å²) < 4.78 is 5.49. The minimum atomic E-state index is -0.0788. The first kappa shape index (κ1) is 25.5. The van der Waals surface area contributed by atoms with E-state index in [0.717, 1.165) is 58.5 Å². The van der Waals surface area contributed by atoms with E-state index < -0.39 is 0 Å². The Morgan fingerprint density at radius 3 is 2.00 bits per heavy atom. The Morgan fingerprint density at radius 1 is 0.882 bits per heavy atom. The number of amides is 2. The van der Waals surface area contributed by atoms with Crippen LogP contribution in [-0.4, -0.2) is 79.6 Å². The van der Waals surface area contributed by atoms with Gasteiger partial charge >= 0.3 is 0 Å². The highest BCUT2D eigenvalue weighted by molar-refractivity contribution is 6.30. The highest BCUT2D eigenvalue weighted by atomic mass is 35.5. The Labute approximate surface area is 209 Å². The third-order valence-corrected chi connectivity index (χ3v) is 8.12. The average molecular weight is 491 g/mol. The maximum Gasteiger partial charge on any atom is 0.254 e. The number of carbonyl (C=O) groups excluding carboxylic acids is 2. The van der Waals surface area contributed by atoms with Crippen LogP contribution in [0.25, 0.3) is 0 Å². The molecule has 4 rings (SSSR count). The molecule has 6 nitrogen and oxygen atoms in total. The van der Waals surface area contributed by atoms with E-state index in [1.807, 2.05) is 0 Å². The van der Waals surface area contributed by atoms with Gasteiger partial charge in [0.2, 0.25) is 5.91 Å². The van der Waals surface area contributed by atoms with Crippen LogP contribution in [0.2, 0.25) is 5.02 Å². The summed E-state index contributed by atoms with van der Waals surface area (Å²) in [5.41, 5.74) is 0.594. The van der Waals surface area contributed by atoms with Crippen LogP contribution in [0.5, 0.6) is 0 Å². The molecular weight excluding hydrogens is 450 g/mol. The molecule has 3 aliphatic rings. The van der Waals surface area contributed by atoms with Crippen LogP contribution < -0.4 is 4.90 Å². The zero-order valence-electron chi connectivity index (χ0n) is 20.5. The lowest BCUT2D eigenvalue weighted by Gasteiger charge is -2.42. The summed E-state index contributed by atoms with van der Waals surface area (Å²) in [6, 6.07) is 7.70. The average Bonchev–Trinajstić information content (AvgIpc) is 2.88. The van der Waals surface area contributed by atoms with Crippen LogP contribution in [0, 0.1) is 0 Å². The standard InChI is InChI=1S/C27H40ClN3O3/c28-23-13-11-22(12-14-23)27(33)30(16-15-29-17-19-34-20-18-29)21-26(32)31(24-7-3-1-4-8-24)25-9-5-2-6-10-25/h11-14,24-25H,1-10,15-21H2/p+1. The summed E-state index contributed by atoms with van der Waals surface area (Å²) in [6.45, 7) is 5.00. The number of hydrogen-bond donors (Lipinski definition) is 1. The molecule has 1 N–H and O–H groups in total. The lowest BCUT2D eigenvalue weighted by atomic mass is 9.88. The molecule has 0 radical (unpaired) electrons. The smallest absolute Gasteiger partial charge is 0.254 e. The molecule has 34 heavy (non-hydrogen) atoms. The fraction of sp³-hybridized carbons (Fsp3) is 0.704. The molecule has 1 heterocycles. The Kier molecular flexibility index (Phi) is 9.66. The largest absolute Gasteiger partial charge is 0.370 e. The number of morpholine rings is 1. The third kappa shape index (κ3) is 6.96. The molecule has 188 valence electrons. The molecule has 1 aliphatic heterocycles. The van der Waals surface area contributed by atoms with Gasteiger partial charge in [0.1, 0.15) is 19.6 Å². The van der Waals surface area contributed by atoms with E-state index in [-0.39, 0.29) is 18.4 Å². The number of benzene rings is 1. The summed E-state index contributed by atoms with van der Waals surface area (Å²) in [7, 11) is 0. The molecule has 3 fully saturated rings. The van der Waals surface area contributed by atoms with Gasteiger partial charge in [-0.3, -0.25) is 9.59 Å². The molecule has 0 bridgehead atoms. The second kappa shape index (κ2) is 12.9. The number of rotatable bonds is 8. The lowest BCUT2D eigenvalue weighted by Crippen LogP contribution is -3.14. The molecule has 7 heteroatoms. The summed E-state index contributed by atoms with van der Waals surface area (Å²) in [4.78, 5) is 32.8. The van der Waals surface area contributed by atoms with Crippen LogP contribution in [0.3, 0.4) is 0 Å². The molecule has 0 unspecified atom stereocenters. The maximum atomic E-state index is 13.9. The predicted molar refractivity (Wildman–Crippen MR) is 134 cm³/mol. The summed E-state index contributed by atoms with van der Waals surface area (Å²) in [5, 5.41) is 0.609. The van der Waals surface area contributed by atoms with Gasteiger partial charge in [0.05, 0.1) is 26.3 Å². The van der Waals surface area contributed by atoms with Crippen molar-refractivity contribution in [1.82, 2.24) is 9.80 Å². The minimum absolute atomic E-state index is 0.0788. The van der Waals surface area contributed by atoms with Crippen molar-refractivity contribution in [3.05, 3.63) is 34.9 Å². The van der Waals surface area contributed by atoms with E-state index in [1.165, 1.54) is 43.4 Å². The van der Waals surface area contributed by atoms with E-state index >= 15 is 0 Å². The molecule has 1 aromatic rings. The van der Waals surface area contributed by atoms with Gasteiger partial charge in [0.25, 0.3) is 5.91 Å². The second-order valence-electron chi connectivity index (χ2n) is 10.2. The predicted octanol–water partition coefficient (Wildman–Crippen LogP) is 3.19. The number of nitrogens with one attached hydrogen (secondary N) is 1. The molecule has 1 saturated heterocycles. The van der Waals surface area contributed by atoms with Crippen LogP contribution >= 0.6 is 11.6 Å². The fourth-order valence-electron chi connectivity index (χ4n) is 5.90. The first-order valence-electron chi connectivity index (χ1n) is 13.4. The normalized spacial score (nSPS) is 20.7. The summed E-state index contributed by atoms with van der Waals surface area (Å²) >= 11 is 6.06. The first-order chi connectivity index (χ1) is 16.6. The Morgan fingerprint density at radius 2 is 1.44 bits per heavy atom. The van der Waals surface area contributed by atoms with Crippen LogP contribution in [-0.2, 0) is 9.53 Å². The number of quaternary nitrogens is 1. The molecular formula is C27H41ClN3O3+. The van der Waals surface area contributed by atoms with Crippen LogP contribution in [0.15, 0.2) is 24.3 Å². The highest BCUT2D eigenvalue weighted by Crippen LogP contribution is 2.30. The van der Waals surface area contributed by atoms with Gasteiger partial charge in [0.15, 0.2) is 0 Å². The van der Waals surface area contributed by atoms with E-state index in [4.69, 9.17) is 16.3 Å². The molecule has 2 aliphatic carbocycles. The molecule has 0 spiro atoms. The van der Waals surface area contributed by atoms with Crippen LogP contribution in [0.4, 0.5) is 0 Å². The topological polar surface area (TPSA) is 54.3 Å². The van der Waals surface area contributed by atoms with Crippen molar-refractivity contribution in [2.75, 3.05) is 45.9 Å². The monoisotopic (exact) mass is 490 g/mol. The van der Waals surface area contributed by atoms with Gasteiger partial charge in [-0.05, 0) is 49.9 Å². The van der Waals surface area contributed by atoms with E-state index in [2.05, 4.69) is 4.90 Å². The van der Waals surface area contributed by atoms with Crippen molar-refractivity contribution < 1.29 is 19.2 Å². The number of halogens is 1. The quantitative estimate of drug-likeness (QED) is 0.609. The summed E-state index contributed by atoms with van der Waals surface area (Å²) in [5.74, 6) is 0.0583. The first-order valence-corrected chi connectivity index (χ1v) is 13.8. The Bertz CT molecular complexity index is 767. The van der Waals surface area contributed by atoms with Gasteiger partial charge in [-0.2, -0.15) is 0 Å². The number of ether oxygens (including phenoxy) is 1. The van der Waals surface area contributed by atoms with Crippen molar-refractivity contribution in [2.24, 2.45) is 0 Å². The van der Waals surface area contributed by atoms with E-state index in [0.29, 0.717) is 29.2 Å². The van der Waals surface area contributed by atoms with Crippen LogP contribution in [0.1, 0.15) is 74.6 Å². The van der Waals surface area contributed by atoms with Gasteiger partial charge < -0.3 is 19.4 Å². The van der Waals surface area contributed by atoms with E-state index in [1.54, 1.807) is 29.2 Å². The van der Waals surface area contributed by atoms with Crippen molar-refractivity contribution >= 4 is 23.4 Å². The SMILES string of the molecule is O=C(c1ccc(Cl)cc1)N(CC[NH+]1CCOCC1)CC(=O)N(C1CCCCC1)C1CCCCC1. The van der Waals surface area contributed by atoms with Crippen molar-refractivity contribution in [3.8, 4) is 0 Å². The molecule has 2 saturated carbocycles. The van der Waals surface area contributed by atoms with Gasteiger partial charge in [-0.1, -0.05) is 50.1 Å². The molecule has 0 atom stereocenters. The van der Waals surface area contributed by atoms with Crippen molar-refractivity contribution in [1.29, 1.82) is 0 Å². The lowest BCUT2D eigenvalue weighted by molar-refractivity contribution is -0.907. The summed E-state index contributed by atoms with van der Waals surface area (Å²) in [6.07, 6.45) is 11.8. The van der Waals surface area contributed by atoms with Crippen molar-refractivity contribution in [3.63, 3.8) is 0 Å². The number of carbonyl (C=O) groups is 2. The third-order valence-electron chi connectivity index (χ3n) is 7.86. The highest BCUT2D eigenvalue weighted by Gasteiger charge is 2.34. The second-order valence-corrected chi connectivity index (χ2v) is 10.7. The number of nitrogens with zero attached hydrogens (tertiary/aromatic N) is 2. The zero-order chi connectivity index (χ0) is 23.8. The Balaban J connectivity index is 1.49. The Hall–Kier alpha value is -1.63. The van der Waals surface area contributed by atoms with Gasteiger partial charge in [-0.15, -0.1) is 0 Å². The van der Waals surface area contributed by atoms with Gasteiger partial charge in [0, 0.05) is 22.7 Å². The van der Waals surface area contributed by atoms with Crippen molar-refractivity contribution in [2.45, 2.75) is 76.3 Å². The molecule has 1 aromatic carbocycles. The number of hydrogen-bond acceptors (Lipinski definition) is 3. The fourth-order valence-corrected chi connectivity index (χ4v) is 6.03. The zero-order valence-corrected chi connectivity index (χ0v) is 21.2. The molecule has 0 aromatic heterocycles. The maximum absolute atomic E-state index is 13.9. The molecule has 2 amide bonds.